The van der Waals surface area contributed by atoms with Gasteiger partial charge in [-0.15, -0.1) is 0 Å². The van der Waals surface area contributed by atoms with Gasteiger partial charge in [-0.2, -0.15) is 0 Å². The molecule has 0 fully saturated rings. The van der Waals surface area contributed by atoms with Crippen LogP contribution in [-0.2, 0) is 6.42 Å². The lowest BCUT2D eigenvalue weighted by Gasteiger charge is -2.20. The fourth-order valence-corrected chi connectivity index (χ4v) is 2.11. The number of hydrogen-bond donors (Lipinski definition) is 2. The lowest BCUT2D eigenvalue weighted by molar-refractivity contribution is 0.475. The Morgan fingerprint density at radius 1 is 1.36 bits per heavy atom. The predicted octanol–water partition coefficient (Wildman–Crippen LogP) is 1.75. The first-order valence-electron chi connectivity index (χ1n) is 5.01. The zero-order chi connectivity index (χ0) is 10.1. The average Bonchev–Trinajstić information content (AvgIpc) is 2.27. The van der Waals surface area contributed by atoms with E-state index in [2.05, 4.69) is 4.90 Å². The van der Waals surface area contributed by atoms with Crippen LogP contribution in [0.1, 0.15) is 18.4 Å². The number of anilines is 2. The average molecular weight is 192 g/mol. The second kappa shape index (κ2) is 3.40. The van der Waals surface area contributed by atoms with Crippen LogP contribution in [0, 0.1) is 0 Å². The first kappa shape index (κ1) is 9.19. The number of rotatable bonds is 0. The number of hydrogen-bond acceptors (Lipinski definition) is 3. The molecule has 3 N–H and O–H groups in total. The second-order valence-electron chi connectivity index (χ2n) is 3.93. The van der Waals surface area contributed by atoms with E-state index in [0.29, 0.717) is 11.4 Å². The third kappa shape index (κ3) is 1.50. The molecule has 0 aromatic heterocycles. The largest absolute Gasteiger partial charge is 0.506 e. The van der Waals surface area contributed by atoms with Gasteiger partial charge in [0, 0.05) is 25.3 Å². The quantitative estimate of drug-likeness (QED) is 0.616. The Morgan fingerprint density at radius 3 is 2.93 bits per heavy atom. The molecule has 0 unspecified atom stereocenters. The maximum absolute atomic E-state index is 9.81. The third-order valence-electron chi connectivity index (χ3n) is 2.76. The van der Waals surface area contributed by atoms with Crippen molar-refractivity contribution in [3.05, 3.63) is 17.7 Å². The molecule has 0 aliphatic carbocycles. The van der Waals surface area contributed by atoms with E-state index in [-0.39, 0.29) is 0 Å². The summed E-state index contributed by atoms with van der Waals surface area (Å²) >= 11 is 0. The van der Waals surface area contributed by atoms with Gasteiger partial charge in [-0.25, -0.2) is 0 Å². The molecule has 0 bridgehead atoms. The smallest absolute Gasteiger partial charge is 0.141 e. The SMILES string of the molecule is CN1CCCCc2cc(N)cc(O)c21. The van der Waals surface area contributed by atoms with E-state index in [1.807, 2.05) is 13.1 Å². The van der Waals surface area contributed by atoms with Gasteiger partial charge in [0.25, 0.3) is 0 Å². The van der Waals surface area contributed by atoms with E-state index in [4.69, 9.17) is 5.73 Å². The summed E-state index contributed by atoms with van der Waals surface area (Å²) in [4.78, 5) is 2.11. The summed E-state index contributed by atoms with van der Waals surface area (Å²) in [6.07, 6.45) is 3.35. The number of nitrogens with two attached hydrogens (primary N) is 1. The summed E-state index contributed by atoms with van der Waals surface area (Å²) in [6.45, 7) is 1.00. The van der Waals surface area contributed by atoms with Gasteiger partial charge < -0.3 is 15.7 Å². The zero-order valence-electron chi connectivity index (χ0n) is 8.45. The standard InChI is InChI=1S/C11H16N2O/c1-13-5-3-2-4-8-6-9(12)7-10(14)11(8)13/h6-7,14H,2-5,12H2,1H3. The highest BCUT2D eigenvalue weighted by molar-refractivity contribution is 5.68. The van der Waals surface area contributed by atoms with E-state index >= 15 is 0 Å². The van der Waals surface area contributed by atoms with Gasteiger partial charge in [-0.3, -0.25) is 0 Å². The van der Waals surface area contributed by atoms with Gasteiger partial charge >= 0.3 is 0 Å². The van der Waals surface area contributed by atoms with Crippen LogP contribution in [-0.4, -0.2) is 18.7 Å². The minimum atomic E-state index is 0.310. The Labute approximate surface area is 84.1 Å². The minimum Gasteiger partial charge on any atom is -0.506 e. The molecule has 76 valence electrons. The van der Waals surface area contributed by atoms with E-state index in [1.54, 1.807) is 6.07 Å². The fraction of sp³-hybridized carbons (Fsp3) is 0.455. The molecule has 0 spiro atoms. The Balaban J connectivity index is 2.53. The van der Waals surface area contributed by atoms with Crippen LogP contribution >= 0.6 is 0 Å². The molecule has 1 aromatic carbocycles. The number of phenols is 1. The third-order valence-corrected chi connectivity index (χ3v) is 2.76. The van der Waals surface area contributed by atoms with Crippen molar-refractivity contribution < 1.29 is 5.11 Å². The van der Waals surface area contributed by atoms with E-state index in [1.165, 1.54) is 18.4 Å². The van der Waals surface area contributed by atoms with Crippen LogP contribution in [0.25, 0.3) is 0 Å². The molecule has 3 nitrogen and oxygen atoms in total. The summed E-state index contributed by atoms with van der Waals surface area (Å²) < 4.78 is 0. The monoisotopic (exact) mass is 192 g/mol. The van der Waals surface area contributed by atoms with Crippen molar-refractivity contribution >= 4 is 11.4 Å². The van der Waals surface area contributed by atoms with Gasteiger partial charge in [0.15, 0.2) is 0 Å². The van der Waals surface area contributed by atoms with Crippen LogP contribution in [0.15, 0.2) is 12.1 Å². The van der Waals surface area contributed by atoms with E-state index in [9.17, 15) is 5.11 Å². The lowest BCUT2D eigenvalue weighted by Crippen LogP contribution is -2.17. The molecular formula is C11H16N2O. The van der Waals surface area contributed by atoms with Crippen molar-refractivity contribution in [1.29, 1.82) is 0 Å². The van der Waals surface area contributed by atoms with E-state index in [0.717, 1.165) is 18.7 Å². The number of nitrogen functional groups attached to an aromatic ring is 1. The Bertz CT molecular complexity index is 349. The maximum Gasteiger partial charge on any atom is 0.141 e. The van der Waals surface area contributed by atoms with Crippen LogP contribution in [0.2, 0.25) is 0 Å². The molecular weight excluding hydrogens is 176 g/mol. The lowest BCUT2D eigenvalue weighted by atomic mass is 10.1. The maximum atomic E-state index is 9.81. The number of nitrogens with zero attached hydrogens (tertiary/aromatic N) is 1. The summed E-state index contributed by atoms with van der Waals surface area (Å²) in [5.74, 6) is 0.310. The van der Waals surface area contributed by atoms with Crippen LogP contribution < -0.4 is 10.6 Å². The molecule has 2 rings (SSSR count). The highest BCUT2D eigenvalue weighted by Gasteiger charge is 2.16. The van der Waals surface area contributed by atoms with E-state index < -0.39 is 0 Å². The van der Waals surface area contributed by atoms with Crippen molar-refractivity contribution in [3.8, 4) is 5.75 Å². The highest BCUT2D eigenvalue weighted by Crippen LogP contribution is 2.35. The van der Waals surface area contributed by atoms with Gasteiger partial charge in [0.2, 0.25) is 0 Å². The molecule has 0 saturated heterocycles. The molecule has 1 aliphatic rings. The van der Waals surface area contributed by atoms with Gasteiger partial charge in [0.05, 0.1) is 5.69 Å². The van der Waals surface area contributed by atoms with Crippen molar-refractivity contribution in [1.82, 2.24) is 0 Å². The Kier molecular flexibility index (Phi) is 2.23. The predicted molar refractivity (Wildman–Crippen MR) is 58.7 cm³/mol. The molecule has 0 amide bonds. The summed E-state index contributed by atoms with van der Waals surface area (Å²) in [5.41, 5.74) is 8.47. The first-order chi connectivity index (χ1) is 6.68. The summed E-state index contributed by atoms with van der Waals surface area (Å²) in [7, 11) is 2.01. The number of benzene rings is 1. The highest BCUT2D eigenvalue weighted by atomic mass is 16.3. The van der Waals surface area contributed by atoms with Crippen molar-refractivity contribution in [2.24, 2.45) is 0 Å². The topological polar surface area (TPSA) is 49.5 Å². The molecule has 1 aliphatic heterocycles. The number of phenolic OH excluding ortho intramolecular Hbond substituents is 1. The molecule has 0 radical (unpaired) electrons. The van der Waals surface area contributed by atoms with Gasteiger partial charge in [-0.05, 0) is 30.9 Å². The normalized spacial score (nSPS) is 16.2. The number of fused-ring (bicyclic) bond motifs is 1. The Morgan fingerprint density at radius 2 is 2.14 bits per heavy atom. The van der Waals surface area contributed by atoms with Gasteiger partial charge in [-0.1, -0.05) is 0 Å². The molecule has 0 atom stereocenters. The number of aryl methyl sites for hydroxylation is 1. The van der Waals surface area contributed by atoms with Crippen LogP contribution in [0.4, 0.5) is 11.4 Å². The van der Waals surface area contributed by atoms with Gasteiger partial charge in [0.1, 0.15) is 5.75 Å². The molecule has 1 heterocycles. The fourth-order valence-electron chi connectivity index (χ4n) is 2.11. The number of aromatic hydroxyl groups is 1. The minimum absolute atomic E-state index is 0.310. The molecule has 3 heteroatoms. The van der Waals surface area contributed by atoms with Crippen molar-refractivity contribution in [2.45, 2.75) is 19.3 Å². The van der Waals surface area contributed by atoms with Crippen LogP contribution in [0.5, 0.6) is 5.75 Å². The zero-order valence-corrected chi connectivity index (χ0v) is 8.45. The van der Waals surface area contributed by atoms with Crippen molar-refractivity contribution in [3.63, 3.8) is 0 Å². The molecule has 14 heavy (non-hydrogen) atoms. The van der Waals surface area contributed by atoms with Crippen LogP contribution in [0.3, 0.4) is 0 Å². The Hall–Kier alpha value is -1.38. The summed E-state index contributed by atoms with van der Waals surface area (Å²) in [6, 6.07) is 3.59. The molecule has 0 saturated carbocycles. The first-order valence-corrected chi connectivity index (χ1v) is 5.01. The second-order valence-corrected chi connectivity index (χ2v) is 3.93. The summed E-state index contributed by atoms with van der Waals surface area (Å²) in [5, 5.41) is 9.81. The van der Waals surface area contributed by atoms with Crippen molar-refractivity contribution in [2.75, 3.05) is 24.2 Å². The molecule has 1 aromatic rings.